The summed E-state index contributed by atoms with van der Waals surface area (Å²) in [5.74, 6) is 1.26. The van der Waals surface area contributed by atoms with Crippen LogP contribution >= 0.6 is 35.4 Å². The Balaban J connectivity index is 1.61. The number of pyridine rings is 1. The number of amides is 1. The third kappa shape index (κ3) is 5.19. The van der Waals surface area contributed by atoms with E-state index in [9.17, 15) is 4.79 Å². The second-order valence-electron chi connectivity index (χ2n) is 5.77. The zero-order valence-corrected chi connectivity index (χ0v) is 17.0. The van der Waals surface area contributed by atoms with Gasteiger partial charge in [0.15, 0.2) is 5.11 Å². The van der Waals surface area contributed by atoms with E-state index in [2.05, 4.69) is 15.6 Å². The molecule has 0 aliphatic heterocycles. The lowest BCUT2D eigenvalue weighted by molar-refractivity contribution is -0.115. The first-order valence-electron chi connectivity index (χ1n) is 8.19. The largest absolute Gasteiger partial charge is 0.457 e. The second-order valence-corrected chi connectivity index (χ2v) is 7.02. The fourth-order valence-corrected chi connectivity index (χ4v) is 3.04. The van der Waals surface area contributed by atoms with Gasteiger partial charge in [0.2, 0.25) is 5.91 Å². The Hall–Kier alpha value is -2.67. The molecule has 0 aliphatic rings. The Morgan fingerprint density at radius 1 is 1.21 bits per heavy atom. The van der Waals surface area contributed by atoms with Gasteiger partial charge in [-0.3, -0.25) is 10.1 Å². The minimum Gasteiger partial charge on any atom is -0.457 e. The Morgan fingerprint density at radius 2 is 2.04 bits per heavy atom. The maximum atomic E-state index is 12.0. The fourth-order valence-electron chi connectivity index (χ4n) is 2.34. The van der Waals surface area contributed by atoms with Crippen molar-refractivity contribution in [1.82, 2.24) is 10.3 Å². The number of benzene rings is 1. The molecule has 142 valence electrons. The molecule has 0 saturated heterocycles. The van der Waals surface area contributed by atoms with Crippen LogP contribution in [0.4, 0.5) is 5.82 Å². The fraction of sp³-hybridized carbons (Fsp3) is 0.0500. The minimum absolute atomic E-state index is 0.157. The van der Waals surface area contributed by atoms with Crippen LogP contribution in [0, 0.1) is 6.92 Å². The Bertz CT molecular complexity index is 1060. The predicted molar refractivity (Wildman–Crippen MR) is 117 cm³/mol. The van der Waals surface area contributed by atoms with E-state index in [1.807, 2.05) is 19.1 Å². The summed E-state index contributed by atoms with van der Waals surface area (Å²) < 4.78 is 5.70. The number of rotatable bonds is 4. The molecule has 8 heteroatoms. The zero-order chi connectivity index (χ0) is 20.1. The molecule has 0 unspecified atom stereocenters. The van der Waals surface area contributed by atoms with Gasteiger partial charge in [-0.15, -0.1) is 0 Å². The highest BCUT2D eigenvalue weighted by Crippen LogP contribution is 2.31. The van der Waals surface area contributed by atoms with E-state index in [0.717, 1.165) is 5.56 Å². The molecular formula is C20H15Cl2N3O2S. The molecule has 2 N–H and O–H groups in total. The van der Waals surface area contributed by atoms with Crippen LogP contribution in [0.3, 0.4) is 0 Å². The summed E-state index contributed by atoms with van der Waals surface area (Å²) in [5, 5.41) is 6.62. The SMILES string of the molecule is Cc1cccnc1NC(=S)NC(=O)/C=C/c1ccc(-c2ccc(Cl)cc2Cl)o1. The van der Waals surface area contributed by atoms with Crippen LogP contribution in [0.5, 0.6) is 0 Å². The molecule has 3 aromatic rings. The number of carbonyl (C=O) groups excluding carboxylic acids is 1. The number of halogens is 2. The van der Waals surface area contributed by atoms with Gasteiger partial charge < -0.3 is 9.73 Å². The van der Waals surface area contributed by atoms with Crippen LogP contribution in [0.2, 0.25) is 10.0 Å². The average Bonchev–Trinajstić information content (AvgIpc) is 3.10. The summed E-state index contributed by atoms with van der Waals surface area (Å²) in [4.78, 5) is 16.2. The minimum atomic E-state index is -0.395. The summed E-state index contributed by atoms with van der Waals surface area (Å²) in [6, 6.07) is 12.3. The van der Waals surface area contributed by atoms with Gasteiger partial charge in [-0.1, -0.05) is 29.3 Å². The molecule has 2 heterocycles. The van der Waals surface area contributed by atoms with Gasteiger partial charge in [-0.25, -0.2) is 4.98 Å². The van der Waals surface area contributed by atoms with Crippen LogP contribution in [0.15, 0.2) is 59.2 Å². The summed E-state index contributed by atoms with van der Waals surface area (Å²) in [6.45, 7) is 1.89. The third-order valence-corrected chi connectivity index (χ3v) is 4.45. The lowest BCUT2D eigenvalue weighted by Crippen LogP contribution is -2.33. The normalized spacial score (nSPS) is 10.8. The number of nitrogens with zero attached hydrogens (tertiary/aromatic N) is 1. The van der Waals surface area contributed by atoms with Gasteiger partial charge in [-0.2, -0.15) is 0 Å². The molecule has 3 rings (SSSR count). The Morgan fingerprint density at radius 3 is 2.79 bits per heavy atom. The molecule has 0 atom stereocenters. The van der Waals surface area contributed by atoms with E-state index >= 15 is 0 Å². The molecule has 0 aliphatic carbocycles. The van der Waals surface area contributed by atoms with Gasteiger partial charge in [0, 0.05) is 22.9 Å². The van der Waals surface area contributed by atoms with Crippen LogP contribution in [0.1, 0.15) is 11.3 Å². The van der Waals surface area contributed by atoms with E-state index in [1.54, 1.807) is 36.5 Å². The number of aryl methyl sites for hydroxylation is 1. The molecule has 0 bridgehead atoms. The lowest BCUT2D eigenvalue weighted by atomic mass is 10.2. The third-order valence-electron chi connectivity index (χ3n) is 3.70. The molecule has 5 nitrogen and oxygen atoms in total. The Labute approximate surface area is 177 Å². The van der Waals surface area contributed by atoms with E-state index in [4.69, 9.17) is 39.8 Å². The standard InChI is InChI=1S/C20H15Cl2N3O2S/c1-12-3-2-10-23-19(12)25-20(28)24-18(26)9-6-14-5-8-17(27-14)15-7-4-13(21)11-16(15)22/h2-11H,1H3,(H2,23,24,25,26,28)/b9-6+. The van der Waals surface area contributed by atoms with E-state index < -0.39 is 5.91 Å². The first-order chi connectivity index (χ1) is 13.4. The summed E-state index contributed by atoms with van der Waals surface area (Å²) >= 11 is 17.2. The first kappa shape index (κ1) is 20.1. The molecule has 28 heavy (non-hydrogen) atoms. The highest BCUT2D eigenvalue weighted by atomic mass is 35.5. The summed E-state index contributed by atoms with van der Waals surface area (Å²) in [6.07, 6.45) is 4.50. The van der Waals surface area contributed by atoms with Crippen LogP contribution in [-0.4, -0.2) is 16.0 Å². The molecule has 0 fully saturated rings. The number of carbonyl (C=O) groups is 1. The van der Waals surface area contributed by atoms with Gasteiger partial charge in [0.25, 0.3) is 0 Å². The molecule has 0 saturated carbocycles. The van der Waals surface area contributed by atoms with Crippen LogP contribution in [-0.2, 0) is 4.79 Å². The highest BCUT2D eigenvalue weighted by Gasteiger charge is 2.09. The quantitative estimate of drug-likeness (QED) is 0.422. The number of hydrogen-bond acceptors (Lipinski definition) is 4. The van der Waals surface area contributed by atoms with Crippen LogP contribution in [0.25, 0.3) is 17.4 Å². The number of nitrogens with one attached hydrogen (secondary N) is 2. The van der Waals surface area contributed by atoms with Crippen molar-refractivity contribution in [2.24, 2.45) is 0 Å². The monoisotopic (exact) mass is 431 g/mol. The smallest absolute Gasteiger partial charge is 0.250 e. The van der Waals surface area contributed by atoms with E-state index in [-0.39, 0.29) is 5.11 Å². The second kappa shape index (κ2) is 9.01. The predicted octanol–water partition coefficient (Wildman–Crippen LogP) is 5.48. The van der Waals surface area contributed by atoms with Gasteiger partial charge >= 0.3 is 0 Å². The Kier molecular flexibility index (Phi) is 6.46. The van der Waals surface area contributed by atoms with E-state index in [1.165, 1.54) is 12.2 Å². The molecule has 1 amide bonds. The zero-order valence-electron chi connectivity index (χ0n) is 14.7. The van der Waals surface area contributed by atoms with Crippen molar-refractivity contribution in [3.05, 3.63) is 76.1 Å². The van der Waals surface area contributed by atoms with Gasteiger partial charge in [-0.05, 0) is 67.2 Å². The maximum absolute atomic E-state index is 12.0. The van der Waals surface area contributed by atoms with Crippen molar-refractivity contribution in [2.75, 3.05) is 5.32 Å². The highest BCUT2D eigenvalue weighted by molar-refractivity contribution is 7.80. The first-order valence-corrected chi connectivity index (χ1v) is 9.36. The molecule has 1 aromatic carbocycles. The lowest BCUT2D eigenvalue weighted by Gasteiger charge is -2.09. The van der Waals surface area contributed by atoms with Crippen molar-refractivity contribution >= 4 is 58.3 Å². The molecule has 0 radical (unpaired) electrons. The summed E-state index contributed by atoms with van der Waals surface area (Å²) in [5.41, 5.74) is 1.63. The number of aromatic nitrogens is 1. The molecule has 0 spiro atoms. The number of furan rings is 1. The van der Waals surface area contributed by atoms with Crippen molar-refractivity contribution in [2.45, 2.75) is 6.92 Å². The van der Waals surface area contributed by atoms with Crippen LogP contribution < -0.4 is 10.6 Å². The number of hydrogen-bond donors (Lipinski definition) is 2. The number of anilines is 1. The van der Waals surface area contributed by atoms with Gasteiger partial charge in [0.05, 0.1) is 5.02 Å². The van der Waals surface area contributed by atoms with Crippen molar-refractivity contribution in [1.29, 1.82) is 0 Å². The summed E-state index contributed by atoms with van der Waals surface area (Å²) in [7, 11) is 0. The van der Waals surface area contributed by atoms with Crippen molar-refractivity contribution in [3.63, 3.8) is 0 Å². The van der Waals surface area contributed by atoms with E-state index in [0.29, 0.717) is 32.9 Å². The average molecular weight is 432 g/mol. The maximum Gasteiger partial charge on any atom is 0.250 e. The topological polar surface area (TPSA) is 67.2 Å². The molecular weight excluding hydrogens is 417 g/mol. The van der Waals surface area contributed by atoms with Crippen molar-refractivity contribution < 1.29 is 9.21 Å². The van der Waals surface area contributed by atoms with Crippen molar-refractivity contribution in [3.8, 4) is 11.3 Å². The molecule has 2 aromatic heterocycles. The number of thiocarbonyl (C=S) groups is 1. The van der Waals surface area contributed by atoms with Gasteiger partial charge in [0.1, 0.15) is 17.3 Å².